The molecule has 0 unspecified atom stereocenters. The number of hydrogen-bond acceptors (Lipinski definition) is 4. The lowest BCUT2D eigenvalue weighted by molar-refractivity contribution is -0.385. The molecule has 0 radical (unpaired) electrons. The molecule has 1 heterocycles. The molecule has 1 aromatic heterocycles. The smallest absolute Gasteiger partial charge is 0.282 e. The first-order valence-corrected chi connectivity index (χ1v) is 5.65. The molecule has 2 rings (SSSR count). The predicted molar refractivity (Wildman–Crippen MR) is 70.0 cm³/mol. The fourth-order valence-corrected chi connectivity index (χ4v) is 1.59. The van der Waals surface area contributed by atoms with Gasteiger partial charge in [-0.1, -0.05) is 0 Å². The van der Waals surface area contributed by atoms with Crippen molar-refractivity contribution in [1.29, 1.82) is 0 Å². The van der Waals surface area contributed by atoms with Crippen LogP contribution in [0.15, 0.2) is 36.5 Å². The van der Waals surface area contributed by atoms with Crippen LogP contribution in [0.25, 0.3) is 0 Å². The van der Waals surface area contributed by atoms with Crippen LogP contribution in [0.3, 0.4) is 0 Å². The predicted octanol–water partition coefficient (Wildman–Crippen LogP) is 2.69. The molecule has 0 spiro atoms. The summed E-state index contributed by atoms with van der Waals surface area (Å²) in [5, 5.41) is 13.3. The number of nitrogens with one attached hydrogen (secondary N) is 1. The molecule has 0 aliphatic heterocycles. The van der Waals surface area contributed by atoms with Gasteiger partial charge in [0.25, 0.3) is 11.6 Å². The summed E-state index contributed by atoms with van der Waals surface area (Å²) < 4.78 is 13.1. The summed E-state index contributed by atoms with van der Waals surface area (Å²) in [5.74, 6) is -1.48. The van der Waals surface area contributed by atoms with E-state index in [0.717, 1.165) is 23.9 Å². The van der Waals surface area contributed by atoms with Crippen molar-refractivity contribution in [3.63, 3.8) is 0 Å². The van der Waals surface area contributed by atoms with Crippen molar-refractivity contribution >= 4 is 17.3 Å². The van der Waals surface area contributed by atoms with Crippen LogP contribution in [-0.2, 0) is 0 Å². The third-order valence-corrected chi connectivity index (χ3v) is 2.57. The van der Waals surface area contributed by atoms with Gasteiger partial charge in [-0.3, -0.25) is 19.9 Å². The van der Waals surface area contributed by atoms with Crippen LogP contribution in [0.2, 0.25) is 0 Å². The third kappa shape index (κ3) is 2.94. The Bertz CT molecular complexity index is 671. The van der Waals surface area contributed by atoms with E-state index in [1.807, 2.05) is 0 Å². The number of amides is 1. The molecule has 6 nitrogen and oxygen atoms in total. The highest BCUT2D eigenvalue weighted by atomic mass is 19.1. The molecule has 0 saturated carbocycles. The van der Waals surface area contributed by atoms with Crippen molar-refractivity contribution in [2.24, 2.45) is 0 Å². The zero-order valence-electron chi connectivity index (χ0n) is 10.5. The minimum absolute atomic E-state index is 0.337. The van der Waals surface area contributed by atoms with E-state index in [1.54, 1.807) is 19.1 Å². The molecule has 102 valence electrons. The highest BCUT2D eigenvalue weighted by molar-refractivity contribution is 6.06. The Morgan fingerprint density at radius 1 is 1.35 bits per heavy atom. The second-order valence-corrected chi connectivity index (χ2v) is 4.06. The van der Waals surface area contributed by atoms with Crippen molar-refractivity contribution in [3.05, 3.63) is 63.7 Å². The number of aryl methyl sites for hydroxylation is 1. The molecule has 0 atom stereocenters. The number of rotatable bonds is 3. The van der Waals surface area contributed by atoms with Gasteiger partial charge in [-0.25, -0.2) is 4.39 Å². The van der Waals surface area contributed by atoms with Gasteiger partial charge in [-0.05, 0) is 31.2 Å². The van der Waals surface area contributed by atoms with Gasteiger partial charge in [0.15, 0.2) is 0 Å². The first-order valence-electron chi connectivity index (χ1n) is 5.65. The minimum Gasteiger partial charge on any atom is -0.320 e. The monoisotopic (exact) mass is 275 g/mol. The van der Waals surface area contributed by atoms with E-state index >= 15 is 0 Å². The van der Waals surface area contributed by atoms with E-state index < -0.39 is 22.3 Å². The number of halogens is 1. The van der Waals surface area contributed by atoms with Gasteiger partial charge in [0.05, 0.1) is 16.8 Å². The van der Waals surface area contributed by atoms with Gasteiger partial charge in [0.1, 0.15) is 11.4 Å². The summed E-state index contributed by atoms with van der Waals surface area (Å²) in [6.07, 6.45) is 1.42. The average molecular weight is 275 g/mol. The quantitative estimate of drug-likeness (QED) is 0.689. The Hall–Kier alpha value is -2.83. The zero-order valence-corrected chi connectivity index (χ0v) is 10.5. The van der Waals surface area contributed by atoms with Gasteiger partial charge in [0, 0.05) is 11.8 Å². The lowest BCUT2D eigenvalue weighted by Gasteiger charge is -2.06. The number of nitro groups is 1. The first-order chi connectivity index (χ1) is 9.47. The van der Waals surface area contributed by atoms with Crippen LogP contribution in [-0.4, -0.2) is 15.8 Å². The van der Waals surface area contributed by atoms with E-state index in [9.17, 15) is 19.3 Å². The molecule has 0 bridgehead atoms. The average Bonchev–Trinajstić information content (AvgIpc) is 2.41. The summed E-state index contributed by atoms with van der Waals surface area (Å²) >= 11 is 0. The Kier molecular flexibility index (Phi) is 3.69. The summed E-state index contributed by atoms with van der Waals surface area (Å²) in [4.78, 5) is 26.0. The number of pyridine rings is 1. The number of nitro benzene ring substituents is 1. The van der Waals surface area contributed by atoms with Gasteiger partial charge in [-0.15, -0.1) is 0 Å². The fourth-order valence-electron chi connectivity index (χ4n) is 1.59. The van der Waals surface area contributed by atoms with Gasteiger partial charge < -0.3 is 5.32 Å². The van der Waals surface area contributed by atoms with E-state index in [0.29, 0.717) is 5.69 Å². The summed E-state index contributed by atoms with van der Waals surface area (Å²) in [6, 6.07) is 6.00. The number of anilines is 1. The molecule has 7 heteroatoms. The lowest BCUT2D eigenvalue weighted by atomic mass is 10.1. The number of hydrogen-bond donors (Lipinski definition) is 1. The normalized spacial score (nSPS) is 10.1. The van der Waals surface area contributed by atoms with Gasteiger partial charge in [-0.2, -0.15) is 0 Å². The molecular weight excluding hydrogens is 265 g/mol. The zero-order chi connectivity index (χ0) is 14.7. The fraction of sp³-hybridized carbons (Fsp3) is 0.0769. The van der Waals surface area contributed by atoms with E-state index in [1.165, 1.54) is 6.20 Å². The Morgan fingerprint density at radius 3 is 2.70 bits per heavy atom. The van der Waals surface area contributed by atoms with Crippen molar-refractivity contribution in [2.45, 2.75) is 6.92 Å². The summed E-state index contributed by atoms with van der Waals surface area (Å²) in [7, 11) is 0. The molecule has 1 aromatic carbocycles. The number of nitrogens with zero attached hydrogens (tertiary/aromatic N) is 2. The number of carbonyl (C=O) groups is 1. The van der Waals surface area contributed by atoms with Gasteiger partial charge >= 0.3 is 0 Å². The lowest BCUT2D eigenvalue weighted by Crippen LogP contribution is -2.14. The molecular formula is C13H10FN3O3. The molecule has 2 aromatic rings. The Labute approximate surface area is 113 Å². The van der Waals surface area contributed by atoms with E-state index in [2.05, 4.69) is 10.3 Å². The minimum atomic E-state index is -0.762. The SMILES string of the molecule is Cc1ccc(NC(=O)c2cc(F)ccc2[N+](=O)[O-])cn1. The van der Waals surface area contributed by atoms with Crippen LogP contribution < -0.4 is 5.32 Å². The molecule has 0 saturated heterocycles. The molecule has 1 N–H and O–H groups in total. The number of carbonyl (C=O) groups excluding carboxylic acids is 1. The van der Waals surface area contributed by atoms with Crippen molar-refractivity contribution in [1.82, 2.24) is 4.98 Å². The van der Waals surface area contributed by atoms with Crippen LogP contribution >= 0.6 is 0 Å². The first kappa shape index (κ1) is 13.6. The topological polar surface area (TPSA) is 85.1 Å². The molecule has 0 aliphatic carbocycles. The Morgan fingerprint density at radius 2 is 2.10 bits per heavy atom. The largest absolute Gasteiger partial charge is 0.320 e. The van der Waals surface area contributed by atoms with Crippen molar-refractivity contribution in [2.75, 3.05) is 5.32 Å². The van der Waals surface area contributed by atoms with Crippen molar-refractivity contribution < 1.29 is 14.1 Å². The van der Waals surface area contributed by atoms with E-state index in [-0.39, 0.29) is 5.56 Å². The number of aromatic nitrogens is 1. The van der Waals surface area contributed by atoms with Crippen molar-refractivity contribution in [3.8, 4) is 0 Å². The van der Waals surface area contributed by atoms with Crippen LogP contribution in [0, 0.1) is 22.9 Å². The molecule has 1 amide bonds. The maximum absolute atomic E-state index is 13.1. The highest BCUT2D eigenvalue weighted by Gasteiger charge is 2.21. The highest BCUT2D eigenvalue weighted by Crippen LogP contribution is 2.20. The standard InChI is InChI=1S/C13H10FN3O3/c1-8-2-4-10(7-15-8)16-13(18)11-6-9(14)3-5-12(11)17(19)20/h2-7H,1H3,(H,16,18). The molecule has 0 aliphatic rings. The molecule has 0 fully saturated rings. The second kappa shape index (κ2) is 5.43. The van der Waals surface area contributed by atoms with Gasteiger partial charge in [0.2, 0.25) is 0 Å². The summed E-state index contributed by atoms with van der Waals surface area (Å²) in [5.41, 5.74) is 0.346. The van der Waals surface area contributed by atoms with Crippen LogP contribution in [0.4, 0.5) is 15.8 Å². The third-order valence-electron chi connectivity index (χ3n) is 2.57. The van der Waals surface area contributed by atoms with Crippen LogP contribution in [0.5, 0.6) is 0 Å². The van der Waals surface area contributed by atoms with Crippen LogP contribution in [0.1, 0.15) is 16.1 Å². The maximum Gasteiger partial charge on any atom is 0.282 e. The summed E-state index contributed by atoms with van der Waals surface area (Å²) in [6.45, 7) is 1.78. The molecule has 20 heavy (non-hydrogen) atoms. The number of benzene rings is 1. The second-order valence-electron chi connectivity index (χ2n) is 4.06. The maximum atomic E-state index is 13.1. The van der Waals surface area contributed by atoms with E-state index in [4.69, 9.17) is 0 Å². The Balaban J connectivity index is 2.31.